The fourth-order valence-corrected chi connectivity index (χ4v) is 2.34. The molecule has 0 bridgehead atoms. The Labute approximate surface area is 145 Å². The van der Waals surface area contributed by atoms with E-state index in [2.05, 4.69) is 20.5 Å². The van der Waals surface area contributed by atoms with Gasteiger partial charge in [-0.05, 0) is 24.5 Å². The summed E-state index contributed by atoms with van der Waals surface area (Å²) < 4.78 is 13.8. The molecule has 128 valence electrons. The summed E-state index contributed by atoms with van der Waals surface area (Å²) in [6.07, 6.45) is 2.07. The fraction of sp³-hybridized carbons (Fsp3) is 0.412. The minimum absolute atomic E-state index is 0.0587. The third-order valence-corrected chi connectivity index (χ3v) is 3.65. The predicted molar refractivity (Wildman–Crippen MR) is 92.5 cm³/mol. The molecule has 24 heavy (non-hydrogen) atoms. The van der Waals surface area contributed by atoms with Crippen LogP contribution in [0.15, 0.2) is 18.2 Å². The second-order valence-electron chi connectivity index (χ2n) is 5.80. The Kier molecular flexibility index (Phi) is 6.20. The highest BCUT2D eigenvalue weighted by Gasteiger charge is 2.16. The summed E-state index contributed by atoms with van der Waals surface area (Å²) in [6, 6.07) is 4.38. The molecule has 0 unspecified atom stereocenters. The van der Waals surface area contributed by atoms with Gasteiger partial charge in [0.05, 0.1) is 11.4 Å². The van der Waals surface area contributed by atoms with Crippen molar-refractivity contribution < 1.29 is 9.18 Å². The average molecular weight is 351 g/mol. The number of nitrogens with zero attached hydrogens (tertiary/aromatic N) is 3. The van der Waals surface area contributed by atoms with Crippen LogP contribution in [-0.4, -0.2) is 21.0 Å². The zero-order valence-corrected chi connectivity index (χ0v) is 14.7. The van der Waals surface area contributed by atoms with Crippen LogP contribution >= 0.6 is 11.6 Å². The Bertz CT molecular complexity index is 737. The van der Waals surface area contributed by atoms with Crippen LogP contribution in [-0.2, 0) is 0 Å². The molecule has 0 aromatic carbocycles. The molecule has 7 heteroatoms. The van der Waals surface area contributed by atoms with Crippen LogP contribution in [0.3, 0.4) is 0 Å². The number of pyridine rings is 1. The number of anilines is 2. The van der Waals surface area contributed by atoms with Crippen molar-refractivity contribution in [3.8, 4) is 0 Å². The van der Waals surface area contributed by atoms with Gasteiger partial charge in [-0.3, -0.25) is 4.79 Å². The molecular weight excluding hydrogens is 331 g/mol. The molecule has 0 aliphatic heterocycles. The molecule has 0 fully saturated rings. The van der Waals surface area contributed by atoms with Crippen molar-refractivity contribution in [3.05, 3.63) is 40.6 Å². The lowest BCUT2D eigenvalue weighted by atomic mass is 10.1. The molecule has 0 radical (unpaired) electrons. The molecule has 2 aromatic heterocycles. The van der Waals surface area contributed by atoms with E-state index in [4.69, 9.17) is 11.6 Å². The second-order valence-corrected chi connectivity index (χ2v) is 6.19. The molecule has 0 saturated heterocycles. The Morgan fingerprint density at radius 1 is 1.33 bits per heavy atom. The van der Waals surface area contributed by atoms with E-state index >= 15 is 0 Å². The number of carbonyl (C=O) groups excluding carboxylic acids is 1. The third kappa shape index (κ3) is 4.47. The number of halogens is 2. The Hall–Kier alpha value is -2.08. The van der Waals surface area contributed by atoms with Gasteiger partial charge in [0.25, 0.3) is 0 Å². The molecule has 2 rings (SSSR count). The Balaban J connectivity index is 2.33. The highest BCUT2D eigenvalue weighted by molar-refractivity contribution is 6.29. The van der Waals surface area contributed by atoms with Gasteiger partial charge >= 0.3 is 0 Å². The number of hydrogen-bond donors (Lipinski definition) is 1. The molecule has 1 N–H and O–H groups in total. The van der Waals surface area contributed by atoms with Gasteiger partial charge in [0, 0.05) is 12.5 Å². The van der Waals surface area contributed by atoms with E-state index in [0.717, 1.165) is 12.8 Å². The van der Waals surface area contributed by atoms with Crippen molar-refractivity contribution in [2.24, 2.45) is 0 Å². The first-order valence-corrected chi connectivity index (χ1v) is 8.30. The Morgan fingerprint density at radius 2 is 2.08 bits per heavy atom. The highest BCUT2D eigenvalue weighted by Crippen LogP contribution is 2.24. The van der Waals surface area contributed by atoms with E-state index in [1.807, 2.05) is 20.8 Å². The van der Waals surface area contributed by atoms with E-state index < -0.39 is 0 Å². The molecule has 0 atom stereocenters. The van der Waals surface area contributed by atoms with E-state index in [9.17, 15) is 9.18 Å². The maximum absolute atomic E-state index is 13.8. The van der Waals surface area contributed by atoms with Gasteiger partial charge in [-0.25, -0.2) is 9.37 Å². The second kappa shape index (κ2) is 8.15. The fourth-order valence-electron chi connectivity index (χ4n) is 2.20. The molecule has 0 aliphatic carbocycles. The first-order chi connectivity index (χ1) is 11.4. The standard InChI is InChI=1S/C17H20ClFN4O/c1-4-5-6-13(24)17-12(9-14(18)22-23-17)20-15-8-7-11(19)16(21-15)10(2)3/h7-10H,4-6H2,1-3H3,(H,20,21,22). The average Bonchev–Trinajstić information content (AvgIpc) is 2.54. The number of carbonyl (C=O) groups is 1. The molecule has 0 saturated carbocycles. The Morgan fingerprint density at radius 3 is 2.75 bits per heavy atom. The smallest absolute Gasteiger partial charge is 0.185 e. The number of Topliss-reactive ketones (excluding diaryl/α,β-unsaturated/α-hetero) is 1. The van der Waals surface area contributed by atoms with Gasteiger partial charge < -0.3 is 5.32 Å². The number of hydrogen-bond acceptors (Lipinski definition) is 5. The van der Waals surface area contributed by atoms with Crippen LogP contribution in [0.25, 0.3) is 0 Å². The maximum atomic E-state index is 13.8. The van der Waals surface area contributed by atoms with Gasteiger partial charge in [-0.15, -0.1) is 10.2 Å². The van der Waals surface area contributed by atoms with Gasteiger partial charge in [0.1, 0.15) is 11.6 Å². The minimum Gasteiger partial charge on any atom is -0.338 e. The van der Waals surface area contributed by atoms with Crippen molar-refractivity contribution in [1.29, 1.82) is 0 Å². The molecule has 2 aromatic rings. The van der Waals surface area contributed by atoms with Crippen LogP contribution in [0.2, 0.25) is 5.15 Å². The van der Waals surface area contributed by atoms with E-state index in [1.54, 1.807) is 0 Å². The van der Waals surface area contributed by atoms with Crippen molar-refractivity contribution >= 4 is 28.9 Å². The van der Waals surface area contributed by atoms with Gasteiger partial charge in [-0.1, -0.05) is 38.8 Å². The van der Waals surface area contributed by atoms with Crippen molar-refractivity contribution in [3.63, 3.8) is 0 Å². The van der Waals surface area contributed by atoms with Crippen LogP contribution in [0.4, 0.5) is 15.9 Å². The zero-order valence-electron chi connectivity index (χ0n) is 13.9. The minimum atomic E-state index is -0.360. The molecule has 0 spiro atoms. The van der Waals surface area contributed by atoms with E-state index in [0.29, 0.717) is 23.6 Å². The number of aromatic nitrogens is 3. The summed E-state index contributed by atoms with van der Waals surface area (Å²) >= 11 is 5.89. The topological polar surface area (TPSA) is 67.8 Å². The van der Waals surface area contributed by atoms with Gasteiger partial charge in [0.15, 0.2) is 16.6 Å². The lowest BCUT2D eigenvalue weighted by Gasteiger charge is -2.12. The summed E-state index contributed by atoms with van der Waals surface area (Å²) in [5.74, 6) is -0.110. The van der Waals surface area contributed by atoms with Crippen molar-refractivity contribution in [2.45, 2.75) is 46.0 Å². The number of ketones is 1. The zero-order chi connectivity index (χ0) is 17.7. The largest absolute Gasteiger partial charge is 0.338 e. The van der Waals surface area contributed by atoms with Crippen LogP contribution in [0, 0.1) is 5.82 Å². The van der Waals surface area contributed by atoms with Crippen molar-refractivity contribution in [1.82, 2.24) is 15.2 Å². The molecule has 0 amide bonds. The summed E-state index contributed by atoms with van der Waals surface area (Å²) in [4.78, 5) is 16.6. The van der Waals surface area contributed by atoms with Crippen LogP contribution in [0.5, 0.6) is 0 Å². The maximum Gasteiger partial charge on any atom is 0.185 e. The SMILES string of the molecule is CCCCC(=O)c1nnc(Cl)cc1Nc1ccc(F)c(C(C)C)n1. The lowest BCUT2D eigenvalue weighted by molar-refractivity contribution is 0.0975. The van der Waals surface area contributed by atoms with Crippen LogP contribution in [0.1, 0.15) is 62.1 Å². The summed E-state index contributed by atoms with van der Waals surface area (Å²) in [7, 11) is 0. The van der Waals surface area contributed by atoms with Gasteiger partial charge in [0.2, 0.25) is 0 Å². The molecule has 2 heterocycles. The highest BCUT2D eigenvalue weighted by atomic mass is 35.5. The first-order valence-electron chi connectivity index (χ1n) is 7.92. The summed E-state index contributed by atoms with van der Waals surface area (Å²) in [5, 5.41) is 10.8. The number of nitrogens with one attached hydrogen (secondary N) is 1. The quantitative estimate of drug-likeness (QED) is 0.719. The lowest BCUT2D eigenvalue weighted by Crippen LogP contribution is -2.09. The molecule has 0 aliphatic rings. The number of unbranched alkanes of at least 4 members (excludes halogenated alkanes) is 1. The summed E-state index contributed by atoms with van der Waals surface area (Å²) in [6.45, 7) is 5.73. The van der Waals surface area contributed by atoms with E-state index in [1.165, 1.54) is 18.2 Å². The monoisotopic (exact) mass is 350 g/mol. The van der Waals surface area contributed by atoms with Gasteiger partial charge in [-0.2, -0.15) is 0 Å². The predicted octanol–water partition coefficient (Wildman–Crippen LogP) is 4.90. The van der Waals surface area contributed by atoms with Crippen molar-refractivity contribution in [2.75, 3.05) is 5.32 Å². The first kappa shape index (κ1) is 18.3. The molecule has 5 nitrogen and oxygen atoms in total. The molecular formula is C17H20ClFN4O. The van der Waals surface area contributed by atoms with E-state index in [-0.39, 0.29) is 28.4 Å². The third-order valence-electron chi connectivity index (χ3n) is 3.47. The van der Waals surface area contributed by atoms with Crippen LogP contribution < -0.4 is 5.32 Å². The normalized spacial score (nSPS) is 10.9. The summed E-state index contributed by atoms with van der Waals surface area (Å²) in [5.41, 5.74) is 0.988. The number of rotatable bonds is 7.